The van der Waals surface area contributed by atoms with Crippen LogP contribution in [-0.2, 0) is 17.8 Å². The van der Waals surface area contributed by atoms with E-state index in [1.807, 2.05) is 36.5 Å². The number of para-hydroxylation sites is 1. The number of carbonyl (C=O) groups excluding carboxylic acids is 1. The maximum absolute atomic E-state index is 13.8. The van der Waals surface area contributed by atoms with E-state index >= 15 is 0 Å². The van der Waals surface area contributed by atoms with Crippen molar-refractivity contribution in [2.75, 3.05) is 14.2 Å². The largest absolute Gasteiger partial charge is 0.494 e. The minimum atomic E-state index is -0.427. The van der Waals surface area contributed by atoms with Gasteiger partial charge in [-0.2, -0.15) is 5.10 Å². The van der Waals surface area contributed by atoms with E-state index < -0.39 is 5.82 Å². The van der Waals surface area contributed by atoms with Gasteiger partial charge in [0.25, 0.3) is 0 Å². The van der Waals surface area contributed by atoms with E-state index in [0.717, 1.165) is 16.8 Å². The fourth-order valence-corrected chi connectivity index (χ4v) is 2.82. The van der Waals surface area contributed by atoms with Gasteiger partial charge in [0.2, 0.25) is 5.91 Å². The molecule has 0 fully saturated rings. The van der Waals surface area contributed by atoms with Crippen molar-refractivity contribution < 1.29 is 13.9 Å². The summed E-state index contributed by atoms with van der Waals surface area (Å²) in [4.78, 5) is 14.0. The highest BCUT2D eigenvalue weighted by atomic mass is 19.1. The molecule has 27 heavy (non-hydrogen) atoms. The molecule has 5 nitrogen and oxygen atoms in total. The molecule has 0 spiro atoms. The van der Waals surface area contributed by atoms with Gasteiger partial charge in [-0.15, -0.1) is 0 Å². The van der Waals surface area contributed by atoms with Gasteiger partial charge >= 0.3 is 0 Å². The molecule has 0 bridgehead atoms. The summed E-state index contributed by atoms with van der Waals surface area (Å²) in [6, 6.07) is 14.5. The lowest BCUT2D eigenvalue weighted by Gasteiger charge is -2.17. The van der Waals surface area contributed by atoms with Crippen LogP contribution in [0.3, 0.4) is 0 Å². The lowest BCUT2D eigenvalue weighted by molar-refractivity contribution is -0.130. The minimum absolute atomic E-state index is 0.00122. The summed E-state index contributed by atoms with van der Waals surface area (Å²) in [5.41, 5.74) is 2.70. The number of aromatic nitrogens is 2. The van der Waals surface area contributed by atoms with E-state index in [4.69, 9.17) is 4.74 Å². The van der Waals surface area contributed by atoms with Crippen LogP contribution in [0.5, 0.6) is 5.75 Å². The predicted molar refractivity (Wildman–Crippen MR) is 101 cm³/mol. The van der Waals surface area contributed by atoms with Crippen molar-refractivity contribution in [3.8, 4) is 11.4 Å². The number of rotatable bonds is 7. The predicted octanol–water partition coefficient (Wildman–Crippen LogP) is 3.61. The Kier molecular flexibility index (Phi) is 5.86. The normalized spacial score (nSPS) is 10.6. The maximum Gasteiger partial charge on any atom is 0.222 e. The van der Waals surface area contributed by atoms with Crippen LogP contribution in [0.25, 0.3) is 5.69 Å². The molecule has 6 heteroatoms. The van der Waals surface area contributed by atoms with Crippen LogP contribution in [0.2, 0.25) is 0 Å². The second-order valence-corrected chi connectivity index (χ2v) is 6.35. The van der Waals surface area contributed by atoms with E-state index in [-0.39, 0.29) is 11.7 Å². The molecule has 0 aliphatic rings. The van der Waals surface area contributed by atoms with Gasteiger partial charge in [-0.1, -0.05) is 24.3 Å². The molecule has 1 aromatic heterocycles. The smallest absolute Gasteiger partial charge is 0.222 e. The van der Waals surface area contributed by atoms with Crippen molar-refractivity contribution in [2.45, 2.75) is 19.4 Å². The lowest BCUT2D eigenvalue weighted by atomic mass is 10.1. The summed E-state index contributed by atoms with van der Waals surface area (Å²) >= 11 is 0. The molecule has 2 aromatic carbocycles. The van der Waals surface area contributed by atoms with Crippen molar-refractivity contribution in [1.82, 2.24) is 14.7 Å². The molecule has 0 aliphatic carbocycles. The van der Waals surface area contributed by atoms with E-state index in [9.17, 15) is 9.18 Å². The van der Waals surface area contributed by atoms with Crippen molar-refractivity contribution in [2.24, 2.45) is 0 Å². The van der Waals surface area contributed by atoms with Gasteiger partial charge in [0.1, 0.15) is 0 Å². The number of amides is 1. The highest BCUT2D eigenvalue weighted by Crippen LogP contribution is 2.18. The van der Waals surface area contributed by atoms with Gasteiger partial charge in [0, 0.05) is 26.2 Å². The van der Waals surface area contributed by atoms with Gasteiger partial charge in [-0.3, -0.25) is 4.79 Å². The molecular formula is C21H22FN3O2. The molecule has 3 rings (SSSR count). The van der Waals surface area contributed by atoms with Crippen LogP contribution in [0.4, 0.5) is 4.39 Å². The number of carbonyl (C=O) groups is 1. The van der Waals surface area contributed by atoms with E-state index in [2.05, 4.69) is 5.10 Å². The van der Waals surface area contributed by atoms with Crippen LogP contribution in [0.15, 0.2) is 60.9 Å². The molecule has 0 saturated carbocycles. The average molecular weight is 367 g/mol. The first-order chi connectivity index (χ1) is 13.1. The fraction of sp³-hybridized carbons (Fsp3) is 0.238. The van der Waals surface area contributed by atoms with Crippen LogP contribution in [-0.4, -0.2) is 34.7 Å². The Morgan fingerprint density at radius 3 is 2.67 bits per heavy atom. The summed E-state index contributed by atoms with van der Waals surface area (Å²) in [6.07, 6.45) is 4.68. The molecule has 0 N–H and O–H groups in total. The van der Waals surface area contributed by atoms with Gasteiger partial charge in [0.05, 0.1) is 19.0 Å². The highest BCUT2D eigenvalue weighted by molar-refractivity contribution is 5.76. The minimum Gasteiger partial charge on any atom is -0.494 e. The van der Waals surface area contributed by atoms with Crippen LogP contribution in [0.1, 0.15) is 17.5 Å². The Hall–Kier alpha value is -3.15. The van der Waals surface area contributed by atoms with E-state index in [1.165, 1.54) is 13.2 Å². The molecule has 3 aromatic rings. The third kappa shape index (κ3) is 4.73. The summed E-state index contributed by atoms with van der Waals surface area (Å²) in [5, 5.41) is 4.34. The van der Waals surface area contributed by atoms with E-state index in [1.54, 1.807) is 35.0 Å². The second kappa shape index (κ2) is 8.49. The molecule has 1 amide bonds. The van der Waals surface area contributed by atoms with Gasteiger partial charge < -0.3 is 9.64 Å². The molecule has 0 radical (unpaired) electrons. The van der Waals surface area contributed by atoms with E-state index in [0.29, 0.717) is 19.4 Å². The molecule has 0 saturated heterocycles. The molecule has 1 heterocycles. The maximum atomic E-state index is 13.8. The van der Waals surface area contributed by atoms with Crippen molar-refractivity contribution in [1.29, 1.82) is 0 Å². The van der Waals surface area contributed by atoms with Gasteiger partial charge in [-0.25, -0.2) is 9.07 Å². The summed E-state index contributed by atoms with van der Waals surface area (Å²) in [6.45, 7) is 0.350. The summed E-state index contributed by atoms with van der Waals surface area (Å²) < 4.78 is 20.5. The number of methoxy groups -OCH3 is 1. The number of hydrogen-bond acceptors (Lipinski definition) is 3. The highest BCUT2D eigenvalue weighted by Gasteiger charge is 2.12. The Bertz CT molecular complexity index is 909. The van der Waals surface area contributed by atoms with Crippen LogP contribution < -0.4 is 4.74 Å². The van der Waals surface area contributed by atoms with Crippen LogP contribution in [0, 0.1) is 5.82 Å². The Balaban J connectivity index is 1.54. The number of aryl methyl sites for hydroxylation is 1. The van der Waals surface area contributed by atoms with Crippen molar-refractivity contribution in [3.63, 3.8) is 0 Å². The third-order valence-electron chi connectivity index (χ3n) is 4.35. The van der Waals surface area contributed by atoms with Crippen molar-refractivity contribution in [3.05, 3.63) is 77.9 Å². The Morgan fingerprint density at radius 2 is 1.96 bits per heavy atom. The summed E-state index contributed by atoms with van der Waals surface area (Å²) in [5.74, 6) is -0.231. The second-order valence-electron chi connectivity index (χ2n) is 6.35. The first kappa shape index (κ1) is 18.6. The molecule has 140 valence electrons. The number of nitrogens with zero attached hydrogens (tertiary/aromatic N) is 3. The molecule has 0 aliphatic heterocycles. The topological polar surface area (TPSA) is 47.4 Å². The zero-order valence-electron chi connectivity index (χ0n) is 15.4. The Labute approximate surface area is 158 Å². The summed E-state index contributed by atoms with van der Waals surface area (Å²) in [7, 11) is 3.14. The number of benzene rings is 2. The SMILES string of the molecule is COc1ccc(CN(C)C(=O)CCc2cnn(-c3ccccc3)c2)cc1F. The molecule has 0 unspecified atom stereocenters. The van der Waals surface area contributed by atoms with Gasteiger partial charge in [0.15, 0.2) is 11.6 Å². The molecule has 0 atom stereocenters. The monoisotopic (exact) mass is 367 g/mol. The molecular weight excluding hydrogens is 345 g/mol. The first-order valence-electron chi connectivity index (χ1n) is 8.72. The Morgan fingerprint density at radius 1 is 1.19 bits per heavy atom. The quantitative estimate of drug-likeness (QED) is 0.641. The first-order valence-corrected chi connectivity index (χ1v) is 8.72. The van der Waals surface area contributed by atoms with Crippen molar-refractivity contribution >= 4 is 5.91 Å². The average Bonchev–Trinajstić information content (AvgIpc) is 3.16. The number of halogens is 1. The standard InChI is InChI=1S/C21H22FN3O2/c1-24(14-16-8-10-20(27-2)19(22)12-16)21(26)11-9-17-13-23-25(15-17)18-6-4-3-5-7-18/h3-8,10,12-13,15H,9,11,14H2,1-2H3. The zero-order valence-corrected chi connectivity index (χ0v) is 15.4. The zero-order chi connectivity index (χ0) is 19.2. The fourth-order valence-electron chi connectivity index (χ4n) is 2.82. The third-order valence-corrected chi connectivity index (χ3v) is 4.35. The lowest BCUT2D eigenvalue weighted by Crippen LogP contribution is -2.26. The van der Waals surface area contributed by atoms with Gasteiger partial charge in [-0.05, 0) is 41.8 Å². The number of ether oxygens (including phenoxy) is 1. The van der Waals surface area contributed by atoms with Crippen LogP contribution >= 0.6 is 0 Å². The number of hydrogen-bond donors (Lipinski definition) is 0.